The number of ether oxygens (including phenoxy) is 1. The monoisotopic (exact) mass is 469 g/mol. The molecule has 2 bridgehead atoms. The standard InChI is InChI=1S/C18H23N5O3SSe/c1-28-4-10-12(24)13(25)18(26-10)23-6-21-11-16(19-5-20-17(11)23)22-9-3-7-2-8(9)15-14(7)27-15/h5-10,12-15,18,24-25H,2-4H2,1H3,(H,19,20,22)/t7-,8-,9-,10+,12+,13+,14?,15?,18+/m0/s1. The van der Waals surface area contributed by atoms with Crippen LogP contribution in [0.3, 0.4) is 0 Å². The number of aromatic nitrogens is 4. The summed E-state index contributed by atoms with van der Waals surface area (Å²) in [7, 11) is 0. The summed E-state index contributed by atoms with van der Waals surface area (Å²) >= 11 is 2.50. The van der Waals surface area contributed by atoms with E-state index in [-0.39, 0.29) is 6.10 Å². The summed E-state index contributed by atoms with van der Waals surface area (Å²) < 4.78 is 7.70. The second-order valence-corrected chi connectivity index (χ2v) is 11.5. The van der Waals surface area contributed by atoms with Crippen LogP contribution in [0.25, 0.3) is 11.2 Å². The van der Waals surface area contributed by atoms with Gasteiger partial charge in [0.2, 0.25) is 0 Å². The molecular weight excluding hydrogens is 445 g/mol. The predicted octanol–water partition coefficient (Wildman–Crippen LogP) is 0.920. The van der Waals surface area contributed by atoms with Gasteiger partial charge in [-0.15, -0.1) is 0 Å². The average Bonchev–Trinajstić information content (AvgIpc) is 2.96. The molecule has 6 rings (SSSR count). The number of aliphatic hydroxyl groups is 2. The van der Waals surface area contributed by atoms with Crippen molar-refractivity contribution in [3.05, 3.63) is 12.7 Å². The zero-order valence-corrected chi connectivity index (χ0v) is 17.9. The van der Waals surface area contributed by atoms with Gasteiger partial charge in [0.1, 0.15) is 0 Å². The van der Waals surface area contributed by atoms with Crippen LogP contribution in [0.5, 0.6) is 0 Å². The first-order chi connectivity index (χ1) is 13.7. The van der Waals surface area contributed by atoms with Crippen molar-refractivity contribution in [2.45, 2.75) is 65.1 Å². The van der Waals surface area contributed by atoms with Crippen molar-refractivity contribution in [3.63, 3.8) is 0 Å². The molecule has 2 aliphatic carbocycles. The molecule has 0 radical (unpaired) electrons. The second-order valence-electron chi connectivity index (χ2n) is 8.26. The number of anilines is 1. The fourth-order valence-corrected chi connectivity index (χ4v) is 8.26. The van der Waals surface area contributed by atoms with Gasteiger partial charge < -0.3 is 0 Å². The van der Waals surface area contributed by atoms with Gasteiger partial charge in [0, 0.05) is 5.25 Å². The van der Waals surface area contributed by atoms with Crippen LogP contribution in [0.2, 0.25) is 11.1 Å². The summed E-state index contributed by atoms with van der Waals surface area (Å²) in [5, 5.41) is 27.0. The molecule has 4 fully saturated rings. The molecule has 10 heteroatoms. The molecule has 4 aliphatic rings. The Morgan fingerprint density at radius 1 is 1.25 bits per heavy atom. The Hall–Kier alpha value is -0.901. The summed E-state index contributed by atoms with van der Waals surface area (Å²) in [6, 6.07) is 0.454. The van der Waals surface area contributed by atoms with E-state index < -0.39 is 18.4 Å². The Bertz CT molecular complexity index is 914. The molecule has 4 heterocycles. The van der Waals surface area contributed by atoms with Gasteiger partial charge >= 0.3 is 156 Å². The molecule has 9 atom stereocenters. The van der Waals surface area contributed by atoms with Gasteiger partial charge in [0.05, 0.1) is 0 Å². The summed E-state index contributed by atoms with van der Waals surface area (Å²) in [4.78, 5) is 13.4. The summed E-state index contributed by atoms with van der Waals surface area (Å²) in [6.45, 7) is 0. The van der Waals surface area contributed by atoms with Crippen LogP contribution in [0.4, 0.5) is 5.82 Å². The molecule has 2 saturated carbocycles. The molecule has 2 aromatic rings. The SMILES string of the molecule is C[Se]C[C@H]1O[C@@H](n2cnc3c(N[C@H]4C[C@@H]5C[C@@H]4C4SC45)ncnc32)[C@H](O)[C@@H]1O. The second kappa shape index (κ2) is 6.55. The van der Waals surface area contributed by atoms with E-state index in [1.165, 1.54) is 19.2 Å². The number of hydrogen-bond donors (Lipinski definition) is 3. The third kappa shape index (κ3) is 2.58. The van der Waals surface area contributed by atoms with E-state index >= 15 is 0 Å². The number of aliphatic hydroxyl groups excluding tert-OH is 2. The maximum atomic E-state index is 10.5. The van der Waals surface area contributed by atoms with Crippen molar-refractivity contribution in [1.82, 2.24) is 19.5 Å². The van der Waals surface area contributed by atoms with Crippen LogP contribution in [-0.2, 0) is 4.74 Å². The first-order valence-electron chi connectivity index (χ1n) is 9.75. The van der Waals surface area contributed by atoms with Crippen LogP contribution in [0, 0.1) is 11.8 Å². The number of rotatable bonds is 5. The zero-order chi connectivity index (χ0) is 19.0. The molecule has 2 unspecified atom stereocenters. The van der Waals surface area contributed by atoms with Gasteiger partial charge in [-0.25, -0.2) is 0 Å². The molecule has 0 amide bonds. The van der Waals surface area contributed by atoms with Crippen molar-refractivity contribution >= 4 is 43.7 Å². The topological polar surface area (TPSA) is 105 Å². The quantitative estimate of drug-likeness (QED) is 0.440. The molecule has 150 valence electrons. The summed E-state index contributed by atoms with van der Waals surface area (Å²) in [5.74, 6) is 4.44. The van der Waals surface area contributed by atoms with Crippen molar-refractivity contribution < 1.29 is 14.9 Å². The number of nitrogens with zero attached hydrogens (tertiary/aromatic N) is 4. The van der Waals surface area contributed by atoms with Crippen LogP contribution >= 0.6 is 11.8 Å². The first kappa shape index (κ1) is 17.9. The Labute approximate surface area is 173 Å². The molecule has 8 nitrogen and oxygen atoms in total. The molecule has 0 spiro atoms. The number of hydrogen-bond acceptors (Lipinski definition) is 8. The zero-order valence-electron chi connectivity index (χ0n) is 15.4. The molecule has 3 N–H and O–H groups in total. The van der Waals surface area contributed by atoms with Crippen molar-refractivity contribution in [2.75, 3.05) is 5.32 Å². The third-order valence-electron chi connectivity index (χ3n) is 6.72. The van der Waals surface area contributed by atoms with Gasteiger partial charge in [0.25, 0.3) is 0 Å². The number of fused-ring (bicyclic) bond motifs is 6. The van der Waals surface area contributed by atoms with E-state index in [4.69, 9.17) is 4.74 Å². The number of imidazole rings is 1. The Morgan fingerprint density at radius 2 is 2.14 bits per heavy atom. The summed E-state index contributed by atoms with van der Waals surface area (Å²) in [6.07, 6.45) is 2.81. The van der Waals surface area contributed by atoms with Crippen LogP contribution < -0.4 is 5.32 Å². The normalized spacial score (nSPS) is 43.6. The van der Waals surface area contributed by atoms with E-state index in [0.717, 1.165) is 33.5 Å². The Morgan fingerprint density at radius 3 is 2.93 bits per heavy atom. The summed E-state index contributed by atoms with van der Waals surface area (Å²) in [5.41, 5.74) is 1.32. The minimum absolute atomic E-state index is 0.347. The fourth-order valence-electron chi connectivity index (χ4n) is 5.35. The van der Waals surface area contributed by atoms with E-state index in [1.54, 1.807) is 10.9 Å². The average molecular weight is 468 g/mol. The molecule has 28 heavy (non-hydrogen) atoms. The van der Waals surface area contributed by atoms with Crippen molar-refractivity contribution in [2.24, 2.45) is 11.8 Å². The van der Waals surface area contributed by atoms with Crippen molar-refractivity contribution in [3.8, 4) is 0 Å². The van der Waals surface area contributed by atoms with Crippen LogP contribution in [0.15, 0.2) is 12.7 Å². The van der Waals surface area contributed by atoms with Gasteiger partial charge in [-0.2, -0.15) is 11.8 Å². The van der Waals surface area contributed by atoms with Gasteiger partial charge in [-0.1, -0.05) is 0 Å². The van der Waals surface area contributed by atoms with Gasteiger partial charge in [-0.05, 0) is 0 Å². The van der Waals surface area contributed by atoms with E-state index in [0.29, 0.717) is 32.2 Å². The minimum atomic E-state index is -0.995. The Kier molecular flexibility index (Phi) is 4.19. The first-order valence-corrected chi connectivity index (χ1v) is 13.6. The van der Waals surface area contributed by atoms with Gasteiger partial charge in [-0.3, -0.25) is 0 Å². The molecular formula is C18H23N5O3SSe. The van der Waals surface area contributed by atoms with Crippen molar-refractivity contribution in [1.29, 1.82) is 0 Å². The molecule has 2 aliphatic heterocycles. The van der Waals surface area contributed by atoms with E-state index in [9.17, 15) is 10.2 Å². The maximum absolute atomic E-state index is 10.5. The van der Waals surface area contributed by atoms with E-state index in [1.807, 2.05) is 0 Å². The van der Waals surface area contributed by atoms with E-state index in [2.05, 4.69) is 37.9 Å². The number of nitrogens with one attached hydrogen (secondary N) is 1. The molecule has 0 aromatic carbocycles. The van der Waals surface area contributed by atoms with Crippen LogP contribution in [0.1, 0.15) is 19.1 Å². The molecule has 2 aromatic heterocycles. The predicted molar refractivity (Wildman–Crippen MR) is 106 cm³/mol. The third-order valence-corrected chi connectivity index (χ3v) is 9.74. The van der Waals surface area contributed by atoms with Crippen LogP contribution in [-0.4, -0.2) is 79.5 Å². The Balaban J connectivity index is 1.28. The number of thioether (sulfide) groups is 1. The fraction of sp³-hybridized carbons (Fsp3) is 0.722. The molecule has 2 saturated heterocycles. The van der Waals surface area contributed by atoms with Gasteiger partial charge in [0.15, 0.2) is 0 Å².